The first-order chi connectivity index (χ1) is 9.69. The van der Waals surface area contributed by atoms with Crippen LogP contribution in [0.3, 0.4) is 0 Å². The van der Waals surface area contributed by atoms with E-state index in [1.165, 1.54) is 6.07 Å². The summed E-state index contributed by atoms with van der Waals surface area (Å²) < 4.78 is 26.9. The first kappa shape index (κ1) is 18.4. The topological polar surface area (TPSA) is 104 Å². The molecule has 118 valence electrons. The Kier molecular flexibility index (Phi) is 6.61. The molecule has 1 aromatic rings. The summed E-state index contributed by atoms with van der Waals surface area (Å²) in [5.41, 5.74) is -0.296. The molecule has 9 heteroatoms. The molecule has 0 radical (unpaired) electrons. The van der Waals surface area contributed by atoms with Crippen LogP contribution in [0.5, 0.6) is 0 Å². The van der Waals surface area contributed by atoms with Crippen molar-refractivity contribution in [2.45, 2.75) is 18.2 Å². The first-order valence-corrected chi connectivity index (χ1v) is 8.67. The molecular weight excluding hydrogens is 386 g/mol. The average molecular weight is 401 g/mol. The molecule has 0 heterocycles. The van der Waals surface area contributed by atoms with E-state index < -0.39 is 16.0 Å². The highest BCUT2D eigenvalue weighted by Gasteiger charge is 2.21. The van der Waals surface area contributed by atoms with Gasteiger partial charge in [0.05, 0.1) is 15.5 Å². The highest BCUT2D eigenvalue weighted by molar-refractivity contribution is 9.10. The zero-order valence-corrected chi connectivity index (χ0v) is 14.3. The number of sulfonamides is 1. The summed E-state index contributed by atoms with van der Waals surface area (Å²) in [5.74, 6) is -1.36. The van der Waals surface area contributed by atoms with Gasteiger partial charge in [0.15, 0.2) is 0 Å². The third-order valence-electron chi connectivity index (χ3n) is 2.79. The minimum atomic E-state index is -3.85. The molecule has 0 aromatic heterocycles. The van der Waals surface area contributed by atoms with Crippen LogP contribution in [0.15, 0.2) is 21.5 Å². The number of hydrogen-bond donors (Lipinski definition) is 3. The van der Waals surface area contributed by atoms with Crippen LogP contribution in [0.25, 0.3) is 0 Å². The van der Waals surface area contributed by atoms with Gasteiger partial charge in [0.25, 0.3) is 0 Å². The average Bonchev–Trinajstić information content (AvgIpc) is 2.39. The number of hydrogen-bond acceptors (Lipinski definition) is 4. The van der Waals surface area contributed by atoms with Crippen molar-refractivity contribution in [2.24, 2.45) is 5.92 Å². The Labute approximate surface area is 136 Å². The molecule has 0 saturated carbocycles. The van der Waals surface area contributed by atoms with Crippen LogP contribution in [0.4, 0.5) is 0 Å². The van der Waals surface area contributed by atoms with Crippen LogP contribution in [0.1, 0.15) is 23.7 Å². The largest absolute Gasteiger partial charge is 0.478 e. The van der Waals surface area contributed by atoms with Crippen molar-refractivity contribution in [3.05, 3.63) is 27.2 Å². The smallest absolute Gasteiger partial charge is 0.337 e. The summed E-state index contributed by atoms with van der Waals surface area (Å²) in [5, 5.41) is 17.7. The maximum absolute atomic E-state index is 12.1. The van der Waals surface area contributed by atoms with Crippen molar-refractivity contribution in [3.8, 4) is 0 Å². The molecule has 0 aliphatic heterocycles. The van der Waals surface area contributed by atoms with Crippen molar-refractivity contribution < 1.29 is 23.4 Å². The quantitative estimate of drug-likeness (QED) is 0.650. The molecule has 0 bridgehead atoms. The highest BCUT2D eigenvalue weighted by atomic mass is 79.9. The Morgan fingerprint density at radius 3 is 2.62 bits per heavy atom. The number of benzene rings is 1. The summed E-state index contributed by atoms with van der Waals surface area (Å²) in [6, 6.07) is 2.25. The molecule has 3 N–H and O–H groups in total. The predicted octanol–water partition coefficient (Wildman–Crippen LogP) is 2.10. The summed E-state index contributed by atoms with van der Waals surface area (Å²) in [6.07, 6.45) is 0.465. The van der Waals surface area contributed by atoms with Crippen molar-refractivity contribution in [2.75, 3.05) is 13.2 Å². The van der Waals surface area contributed by atoms with Crippen LogP contribution in [-0.2, 0) is 10.0 Å². The van der Waals surface area contributed by atoms with E-state index >= 15 is 0 Å². The van der Waals surface area contributed by atoms with Crippen LogP contribution in [0, 0.1) is 5.92 Å². The Morgan fingerprint density at radius 1 is 1.48 bits per heavy atom. The SMILES string of the molecule is CC(CCO)CNS(=O)(=O)c1cc(Br)c(Cl)c(C(=O)O)c1. The number of aliphatic hydroxyl groups excluding tert-OH is 1. The summed E-state index contributed by atoms with van der Waals surface area (Å²) in [7, 11) is -3.85. The minimum absolute atomic E-state index is 0.0292. The number of rotatable bonds is 7. The number of aromatic carboxylic acids is 1. The molecule has 21 heavy (non-hydrogen) atoms. The number of carbonyl (C=O) groups is 1. The fourth-order valence-electron chi connectivity index (χ4n) is 1.53. The third kappa shape index (κ3) is 4.93. The molecule has 0 aliphatic rings. The zero-order valence-electron chi connectivity index (χ0n) is 11.1. The van der Waals surface area contributed by atoms with Gasteiger partial charge in [-0.05, 0) is 40.4 Å². The normalized spacial score (nSPS) is 13.1. The summed E-state index contributed by atoms with van der Waals surface area (Å²) in [4.78, 5) is 10.9. The van der Waals surface area contributed by atoms with E-state index in [9.17, 15) is 13.2 Å². The fourth-order valence-corrected chi connectivity index (χ4v) is 3.55. The Morgan fingerprint density at radius 2 is 2.10 bits per heavy atom. The highest BCUT2D eigenvalue weighted by Crippen LogP contribution is 2.29. The van der Waals surface area contributed by atoms with Gasteiger partial charge in [-0.1, -0.05) is 18.5 Å². The summed E-state index contributed by atoms with van der Waals surface area (Å²) >= 11 is 8.85. The second-order valence-corrected chi connectivity index (χ2v) is 7.54. The lowest BCUT2D eigenvalue weighted by atomic mass is 10.1. The molecule has 0 spiro atoms. The van der Waals surface area contributed by atoms with E-state index in [2.05, 4.69) is 20.7 Å². The molecule has 0 amide bonds. The molecule has 0 saturated heterocycles. The van der Waals surface area contributed by atoms with Crippen LogP contribution in [0.2, 0.25) is 5.02 Å². The molecular formula is C12H15BrClNO5S. The van der Waals surface area contributed by atoms with Gasteiger partial charge in [-0.3, -0.25) is 0 Å². The minimum Gasteiger partial charge on any atom is -0.478 e. The van der Waals surface area contributed by atoms with Crippen LogP contribution in [-0.4, -0.2) is 37.8 Å². The lowest BCUT2D eigenvalue weighted by Crippen LogP contribution is -2.29. The predicted molar refractivity (Wildman–Crippen MR) is 82.2 cm³/mol. The fraction of sp³-hybridized carbons (Fsp3) is 0.417. The number of nitrogens with one attached hydrogen (secondary N) is 1. The number of aliphatic hydroxyl groups is 1. The lowest BCUT2D eigenvalue weighted by Gasteiger charge is -2.13. The number of carboxylic acids is 1. The van der Waals surface area contributed by atoms with E-state index in [-0.39, 0.29) is 39.0 Å². The van der Waals surface area contributed by atoms with Crippen molar-refractivity contribution >= 4 is 43.5 Å². The van der Waals surface area contributed by atoms with Gasteiger partial charge in [0.1, 0.15) is 0 Å². The Hall–Kier alpha value is -0.670. The molecule has 6 nitrogen and oxygen atoms in total. The Bertz CT molecular complexity index is 635. The molecule has 1 aromatic carbocycles. The van der Waals surface area contributed by atoms with E-state index in [1.54, 1.807) is 6.92 Å². The molecule has 0 aliphatic carbocycles. The van der Waals surface area contributed by atoms with Gasteiger partial charge in [0.2, 0.25) is 10.0 Å². The van der Waals surface area contributed by atoms with Crippen LogP contribution >= 0.6 is 27.5 Å². The lowest BCUT2D eigenvalue weighted by molar-refractivity contribution is 0.0696. The summed E-state index contributed by atoms with van der Waals surface area (Å²) in [6.45, 7) is 1.91. The van der Waals surface area contributed by atoms with Crippen molar-refractivity contribution in [3.63, 3.8) is 0 Å². The van der Waals surface area contributed by atoms with E-state index in [0.29, 0.717) is 6.42 Å². The molecule has 1 atom stereocenters. The van der Waals surface area contributed by atoms with Gasteiger partial charge >= 0.3 is 5.97 Å². The maximum atomic E-state index is 12.1. The van der Waals surface area contributed by atoms with E-state index in [4.69, 9.17) is 21.8 Å². The zero-order chi connectivity index (χ0) is 16.2. The van der Waals surface area contributed by atoms with Crippen molar-refractivity contribution in [1.29, 1.82) is 0 Å². The van der Waals surface area contributed by atoms with Crippen molar-refractivity contribution in [1.82, 2.24) is 4.72 Å². The third-order valence-corrected chi connectivity index (χ3v) is 5.45. The van der Waals surface area contributed by atoms with Gasteiger partial charge in [-0.2, -0.15) is 0 Å². The van der Waals surface area contributed by atoms with Gasteiger partial charge in [0, 0.05) is 17.6 Å². The van der Waals surface area contributed by atoms with Gasteiger partial charge in [-0.25, -0.2) is 17.9 Å². The first-order valence-electron chi connectivity index (χ1n) is 6.02. The van der Waals surface area contributed by atoms with Gasteiger partial charge in [-0.15, -0.1) is 0 Å². The van der Waals surface area contributed by atoms with E-state index in [1.807, 2.05) is 0 Å². The number of carboxylic acid groups (broad SMARTS) is 1. The van der Waals surface area contributed by atoms with E-state index in [0.717, 1.165) is 6.07 Å². The Balaban J connectivity index is 3.06. The van der Waals surface area contributed by atoms with Gasteiger partial charge < -0.3 is 10.2 Å². The monoisotopic (exact) mass is 399 g/mol. The molecule has 0 fully saturated rings. The maximum Gasteiger partial charge on any atom is 0.337 e. The van der Waals surface area contributed by atoms with Crippen LogP contribution < -0.4 is 4.72 Å². The molecule has 1 unspecified atom stereocenters. The molecule has 1 rings (SSSR count). The standard InChI is InChI=1S/C12H15BrClNO5S/c1-7(2-3-16)6-15-21(19,20)8-4-9(12(17)18)11(14)10(13)5-8/h4-5,7,15-16H,2-3,6H2,1H3,(H,17,18). The second-order valence-electron chi connectivity index (χ2n) is 4.54. The number of halogens is 2. The second kappa shape index (κ2) is 7.55.